The number of rotatable bonds is 8. The molecule has 4 heterocycles. The second kappa shape index (κ2) is 12.5. The molecule has 258 valence electrons. The number of hydrogen-bond donors (Lipinski definition) is 3. The van der Waals surface area contributed by atoms with Crippen LogP contribution in [0.3, 0.4) is 0 Å². The zero-order chi connectivity index (χ0) is 34.0. The van der Waals surface area contributed by atoms with E-state index in [4.69, 9.17) is 4.74 Å². The Morgan fingerprint density at radius 1 is 1.15 bits per heavy atom. The van der Waals surface area contributed by atoms with Crippen LogP contribution < -0.4 is 10.2 Å². The number of likely N-dealkylation sites (N-methyl/N-ethyl adjacent to an activating group) is 1. The molecule has 4 aliphatic rings. The zero-order valence-corrected chi connectivity index (χ0v) is 28.1. The maximum absolute atomic E-state index is 14.3. The highest BCUT2D eigenvalue weighted by Crippen LogP contribution is 2.56. The molecule has 11 nitrogen and oxygen atoms in total. The van der Waals surface area contributed by atoms with E-state index in [1.807, 2.05) is 19.2 Å². The van der Waals surface area contributed by atoms with Crippen LogP contribution in [0, 0.1) is 0 Å². The van der Waals surface area contributed by atoms with E-state index >= 15 is 0 Å². The number of benzene rings is 1. The van der Waals surface area contributed by atoms with Crippen LogP contribution in [0.15, 0.2) is 35.4 Å². The number of halogens is 3. The number of thiophene rings is 1. The number of anilines is 3. The number of aromatic nitrogens is 2. The molecule has 0 radical (unpaired) electrons. The fourth-order valence-corrected chi connectivity index (χ4v) is 9.28. The number of hydrogen-bond acceptors (Lipinski definition) is 11. The lowest BCUT2D eigenvalue weighted by Gasteiger charge is -2.40. The second-order valence-corrected chi connectivity index (χ2v) is 16.1. The minimum absolute atomic E-state index is 0.00951. The number of ether oxygens (including phenoxy) is 1. The van der Waals surface area contributed by atoms with Crippen LogP contribution in [0.4, 0.5) is 30.5 Å². The normalized spacial score (nSPS) is 22.2. The Kier molecular flexibility index (Phi) is 8.59. The molecule has 3 fully saturated rings. The van der Waals surface area contributed by atoms with Gasteiger partial charge in [-0.05, 0) is 68.5 Å². The van der Waals surface area contributed by atoms with Crippen molar-refractivity contribution in [3.8, 4) is 10.6 Å². The summed E-state index contributed by atoms with van der Waals surface area (Å²) in [5, 5.41) is 3.15. The van der Waals surface area contributed by atoms with Gasteiger partial charge < -0.3 is 19.9 Å². The Labute approximate surface area is 281 Å². The number of carbonyl (C=O) groups is 2. The summed E-state index contributed by atoms with van der Waals surface area (Å²) in [5.41, 5.74) is 1.18. The van der Waals surface area contributed by atoms with Gasteiger partial charge in [0.05, 0.1) is 27.3 Å². The topological polar surface area (TPSA) is 131 Å². The monoisotopic (exact) mass is 706 g/mol. The van der Waals surface area contributed by atoms with Gasteiger partial charge in [-0.3, -0.25) is 23.6 Å². The standard InChI is InChI=1S/C32H37F3N6O5S2/c1-18(42)46-17-22-16-40(10-9-39(22)2)21-7-8-25(23(13-21)19-3-4-19)37-31-36-15-24(32(33,34)35)28(38-31)26-14-27-29(47-26)30(43)41(20-5-6-20)11-12-48(27,44)45/h7-8,13-15,19-20,22,44-45H,3-6,9-12,16-17H2,1-2H3,(H,36,37,38). The Bertz CT molecular complexity index is 1750. The molecule has 2 saturated carbocycles. The minimum atomic E-state index is -4.79. The molecule has 0 spiro atoms. The highest BCUT2D eigenvalue weighted by molar-refractivity contribution is 8.24. The molecular weight excluding hydrogens is 670 g/mol. The van der Waals surface area contributed by atoms with E-state index in [2.05, 4.69) is 31.2 Å². The van der Waals surface area contributed by atoms with Crippen molar-refractivity contribution in [3.05, 3.63) is 46.5 Å². The molecule has 1 unspecified atom stereocenters. The highest BCUT2D eigenvalue weighted by Gasteiger charge is 2.42. The summed E-state index contributed by atoms with van der Waals surface area (Å²) in [4.78, 5) is 39.2. The van der Waals surface area contributed by atoms with Gasteiger partial charge in [0.1, 0.15) is 17.0 Å². The maximum Gasteiger partial charge on any atom is 0.420 e. The predicted octanol–water partition coefficient (Wildman–Crippen LogP) is 6.26. The van der Waals surface area contributed by atoms with Gasteiger partial charge in [-0.1, -0.05) is 0 Å². The van der Waals surface area contributed by atoms with Gasteiger partial charge in [-0.2, -0.15) is 23.8 Å². The third-order valence-electron chi connectivity index (χ3n) is 9.36. The van der Waals surface area contributed by atoms with Gasteiger partial charge >= 0.3 is 12.1 Å². The van der Waals surface area contributed by atoms with Crippen LogP contribution in [-0.2, 0) is 15.7 Å². The Morgan fingerprint density at radius 3 is 2.60 bits per heavy atom. The van der Waals surface area contributed by atoms with Crippen LogP contribution in [0.5, 0.6) is 0 Å². The van der Waals surface area contributed by atoms with Crippen LogP contribution in [0.25, 0.3) is 10.6 Å². The molecule has 1 atom stereocenters. The highest BCUT2D eigenvalue weighted by atomic mass is 32.3. The van der Waals surface area contributed by atoms with Gasteiger partial charge in [-0.25, -0.2) is 9.97 Å². The molecule has 0 bridgehead atoms. The fraction of sp³-hybridized carbons (Fsp3) is 0.500. The number of esters is 1. The van der Waals surface area contributed by atoms with Crippen molar-refractivity contribution < 1.29 is 36.6 Å². The predicted molar refractivity (Wildman–Crippen MR) is 177 cm³/mol. The summed E-state index contributed by atoms with van der Waals surface area (Å²) in [6.45, 7) is 4.12. The number of fused-ring (bicyclic) bond motifs is 1. The first kappa shape index (κ1) is 33.1. The van der Waals surface area contributed by atoms with E-state index in [1.54, 1.807) is 4.90 Å². The van der Waals surface area contributed by atoms with E-state index in [0.717, 1.165) is 67.6 Å². The Hall–Kier alpha value is -3.44. The Morgan fingerprint density at radius 2 is 1.92 bits per heavy atom. The smallest absolute Gasteiger partial charge is 0.420 e. The minimum Gasteiger partial charge on any atom is -0.464 e. The second-order valence-electron chi connectivity index (χ2n) is 12.9. The average Bonchev–Trinajstić information content (AvgIpc) is 3.98. The number of nitrogens with zero attached hydrogens (tertiary/aromatic N) is 5. The lowest BCUT2D eigenvalue weighted by molar-refractivity contribution is -0.142. The molecule has 2 aliphatic carbocycles. The largest absolute Gasteiger partial charge is 0.464 e. The molecule has 7 rings (SSSR count). The molecule has 2 aliphatic heterocycles. The first-order valence-electron chi connectivity index (χ1n) is 15.9. The summed E-state index contributed by atoms with van der Waals surface area (Å²) < 4.78 is 70.0. The SMILES string of the molecule is CC(=O)OCC1CN(c2ccc(Nc3ncc(C(F)(F)F)c(-c4cc5c(s4)C(=O)N(C4CC4)CCS5(O)O)n3)c(C3CC3)c2)CCN1C. The van der Waals surface area contributed by atoms with Crippen LogP contribution in [0.2, 0.25) is 0 Å². The number of nitrogens with one attached hydrogen (secondary N) is 1. The molecular formula is C32H37F3N6O5S2. The van der Waals surface area contributed by atoms with Gasteiger partial charge in [-0.15, -0.1) is 11.3 Å². The molecule has 1 amide bonds. The van der Waals surface area contributed by atoms with E-state index in [-0.39, 0.29) is 56.9 Å². The first-order valence-corrected chi connectivity index (χ1v) is 18.5. The molecule has 3 aromatic rings. The molecule has 2 aromatic heterocycles. The van der Waals surface area contributed by atoms with Gasteiger partial charge in [0.15, 0.2) is 0 Å². The van der Waals surface area contributed by atoms with Crippen molar-refractivity contribution >= 4 is 51.1 Å². The molecule has 1 saturated heterocycles. The summed E-state index contributed by atoms with van der Waals surface area (Å²) in [6.07, 6.45) is -0.480. The van der Waals surface area contributed by atoms with Crippen molar-refractivity contribution in [1.29, 1.82) is 0 Å². The average molecular weight is 707 g/mol. The van der Waals surface area contributed by atoms with Gasteiger partial charge in [0.25, 0.3) is 5.91 Å². The third kappa shape index (κ3) is 6.72. The lowest BCUT2D eigenvalue weighted by Crippen LogP contribution is -2.53. The first-order chi connectivity index (χ1) is 22.8. The van der Waals surface area contributed by atoms with E-state index in [1.165, 1.54) is 13.0 Å². The van der Waals surface area contributed by atoms with E-state index < -0.39 is 33.9 Å². The molecule has 16 heteroatoms. The number of alkyl halides is 3. The maximum atomic E-state index is 14.3. The summed E-state index contributed by atoms with van der Waals surface area (Å²) in [5.74, 6) is -0.546. The lowest BCUT2D eigenvalue weighted by atomic mass is 10.1. The number of carbonyl (C=O) groups excluding carboxylic acids is 2. The molecule has 48 heavy (non-hydrogen) atoms. The number of amides is 1. The van der Waals surface area contributed by atoms with Crippen LogP contribution >= 0.6 is 21.9 Å². The molecule has 1 aromatic carbocycles. The summed E-state index contributed by atoms with van der Waals surface area (Å²) >= 11 is 0.802. The number of piperazine rings is 1. The van der Waals surface area contributed by atoms with Gasteiger partial charge in [0.2, 0.25) is 5.95 Å². The zero-order valence-electron chi connectivity index (χ0n) is 26.5. The van der Waals surface area contributed by atoms with Crippen LogP contribution in [0.1, 0.15) is 59.3 Å². The molecule has 3 N–H and O–H groups in total. The van der Waals surface area contributed by atoms with Crippen LogP contribution in [-0.4, -0.2) is 98.4 Å². The summed E-state index contributed by atoms with van der Waals surface area (Å²) in [6, 6.07) is 7.25. The third-order valence-corrected chi connectivity index (χ3v) is 12.4. The van der Waals surface area contributed by atoms with E-state index in [9.17, 15) is 31.9 Å². The van der Waals surface area contributed by atoms with Crippen molar-refractivity contribution in [3.63, 3.8) is 0 Å². The fourth-order valence-electron chi connectivity index (χ4n) is 6.31. The van der Waals surface area contributed by atoms with Crippen molar-refractivity contribution in [2.45, 2.75) is 61.7 Å². The quantitative estimate of drug-likeness (QED) is 0.231. The van der Waals surface area contributed by atoms with E-state index in [0.29, 0.717) is 18.8 Å². The van der Waals surface area contributed by atoms with Crippen molar-refractivity contribution in [1.82, 2.24) is 19.8 Å². The summed E-state index contributed by atoms with van der Waals surface area (Å²) in [7, 11) is -1.40. The van der Waals surface area contributed by atoms with Crippen molar-refractivity contribution in [2.75, 3.05) is 55.8 Å². The Balaban J connectivity index is 1.20. The van der Waals surface area contributed by atoms with Gasteiger partial charge in [0, 0.05) is 56.7 Å². The van der Waals surface area contributed by atoms with Crippen molar-refractivity contribution in [2.24, 2.45) is 0 Å².